The Morgan fingerprint density at radius 3 is 0.956 bits per heavy atom. The number of aromatic nitrogens is 2. The fourth-order valence-electron chi connectivity index (χ4n) is 2.03. The number of pyridine rings is 2. The molecule has 4 aromatic rings. The zero-order chi connectivity index (χ0) is 33.7. The molecule has 45 heavy (non-hydrogen) atoms. The summed E-state index contributed by atoms with van der Waals surface area (Å²) in [7, 11) is -9.89. The maximum atomic E-state index is 8.49. The molecule has 2 aromatic heterocycles. The van der Waals surface area contributed by atoms with Gasteiger partial charge in [0.25, 0.3) is 0 Å². The van der Waals surface area contributed by atoms with Gasteiger partial charge in [-0.05, 0) is 48.5 Å². The standard InChI is InChI=1S/2C11H9N3.2C2H3N.2ClHO4.Ru/c2*1-2-6-10(7-3-1)13-14-11-8-4-5-9-12-11;2*1-2-3;2*2-1(3,4)5;/h2*1-9H;2*1H3;2*(H,2,3,4,5);/q;;;;;;+2/p-2. The van der Waals surface area contributed by atoms with Crippen LogP contribution in [0.4, 0.5) is 23.0 Å². The molecule has 0 saturated heterocycles. The number of rotatable bonds is 4. The van der Waals surface area contributed by atoms with Gasteiger partial charge in [0.1, 0.15) is 0 Å². The van der Waals surface area contributed by atoms with Crippen LogP contribution in [0.15, 0.2) is 130 Å². The smallest absolute Gasteiger partial charge is 0.236 e. The summed E-state index contributed by atoms with van der Waals surface area (Å²) in [5.74, 6) is 1.24. The molecule has 0 spiro atoms. The summed E-state index contributed by atoms with van der Waals surface area (Å²) in [6, 6.07) is 33.7. The molecule has 0 amide bonds. The molecule has 0 atom stereocenters. The fourth-order valence-corrected chi connectivity index (χ4v) is 2.03. The first-order valence-electron chi connectivity index (χ1n) is 11.3. The van der Waals surface area contributed by atoms with Gasteiger partial charge in [-0.3, -0.25) is 0 Å². The quantitative estimate of drug-likeness (QED) is 0.171. The Morgan fingerprint density at radius 1 is 0.489 bits per heavy atom. The number of nitrogens with zero attached hydrogens (tertiary/aromatic N) is 8. The molecule has 0 fully saturated rings. The third kappa shape index (κ3) is 39.8. The summed E-state index contributed by atoms with van der Waals surface area (Å²) in [6.07, 6.45) is 3.39. The molecule has 0 bridgehead atoms. The Hall–Kier alpha value is -4.20. The monoisotopic (exact) mass is 748 g/mol. The predicted octanol–water partition coefficient (Wildman–Crippen LogP) is -1.46. The van der Waals surface area contributed by atoms with Crippen molar-refractivity contribution in [1.82, 2.24) is 9.97 Å². The second-order valence-corrected chi connectivity index (χ2v) is 8.16. The van der Waals surface area contributed by atoms with Crippen molar-refractivity contribution < 1.29 is 77.2 Å². The minimum Gasteiger partial charge on any atom is -0.236 e. The number of hydrogen-bond acceptors (Lipinski definition) is 16. The van der Waals surface area contributed by atoms with Crippen LogP contribution in [0.2, 0.25) is 0 Å². The van der Waals surface area contributed by atoms with Crippen LogP contribution in [0, 0.1) is 43.1 Å². The minimum atomic E-state index is -4.94. The van der Waals surface area contributed by atoms with Gasteiger partial charge in [0, 0.05) is 26.2 Å². The second kappa shape index (κ2) is 28.6. The summed E-state index contributed by atoms with van der Waals surface area (Å²) in [5.41, 5.74) is 1.66. The van der Waals surface area contributed by atoms with E-state index in [-0.39, 0.29) is 19.5 Å². The van der Waals surface area contributed by atoms with Crippen LogP contribution in [-0.2, 0) is 19.5 Å². The summed E-state index contributed by atoms with van der Waals surface area (Å²) in [5, 5.41) is 30.7. The molecular formula is C26H24Cl2N8O8Ru. The Balaban J connectivity index is -0.000000530. The summed E-state index contributed by atoms with van der Waals surface area (Å²) in [6.45, 7) is 2.86. The topological polar surface area (TPSA) is 307 Å². The first kappa shape index (κ1) is 45.2. The Labute approximate surface area is 275 Å². The molecule has 16 nitrogen and oxygen atoms in total. The van der Waals surface area contributed by atoms with Crippen molar-refractivity contribution >= 4 is 23.0 Å². The Bertz CT molecular complexity index is 1190. The summed E-state index contributed by atoms with van der Waals surface area (Å²) < 4.78 is 67.9. The molecule has 0 aliphatic heterocycles. The van der Waals surface area contributed by atoms with E-state index in [0.29, 0.717) is 11.6 Å². The molecule has 4 rings (SSSR count). The van der Waals surface area contributed by atoms with E-state index in [1.165, 1.54) is 13.8 Å². The third-order valence-electron chi connectivity index (χ3n) is 3.35. The van der Waals surface area contributed by atoms with Crippen LogP contribution < -0.4 is 37.3 Å². The molecule has 2 aromatic carbocycles. The van der Waals surface area contributed by atoms with Crippen molar-refractivity contribution in [1.29, 1.82) is 10.5 Å². The van der Waals surface area contributed by atoms with Gasteiger partial charge in [0.2, 0.25) is 0 Å². The molecule has 0 N–H and O–H groups in total. The summed E-state index contributed by atoms with van der Waals surface area (Å²) in [4.78, 5) is 8.07. The van der Waals surface area contributed by atoms with Gasteiger partial charge in [-0.1, -0.05) is 48.5 Å². The molecule has 0 unspecified atom stereocenters. The van der Waals surface area contributed by atoms with Gasteiger partial charge in [-0.25, -0.2) is 47.2 Å². The first-order valence-corrected chi connectivity index (χ1v) is 13.8. The largest absolute Gasteiger partial charge is 2.00 e. The zero-order valence-electron chi connectivity index (χ0n) is 23.3. The van der Waals surface area contributed by atoms with Gasteiger partial charge < -0.3 is 0 Å². The van der Waals surface area contributed by atoms with Crippen molar-refractivity contribution in [3.8, 4) is 12.1 Å². The van der Waals surface area contributed by atoms with E-state index in [4.69, 9.17) is 47.8 Å². The molecule has 0 radical (unpaired) electrons. The van der Waals surface area contributed by atoms with Crippen molar-refractivity contribution in [3.63, 3.8) is 0 Å². The molecule has 2 heterocycles. The average Bonchev–Trinajstić information content (AvgIpc) is 2.97. The van der Waals surface area contributed by atoms with Crippen molar-refractivity contribution in [2.75, 3.05) is 0 Å². The molecular weight excluding hydrogens is 724 g/mol. The predicted molar refractivity (Wildman–Crippen MR) is 132 cm³/mol. The van der Waals surface area contributed by atoms with Crippen LogP contribution in [-0.4, -0.2) is 9.97 Å². The van der Waals surface area contributed by atoms with E-state index in [2.05, 4.69) is 30.4 Å². The summed E-state index contributed by atoms with van der Waals surface area (Å²) >= 11 is 0. The van der Waals surface area contributed by atoms with Crippen molar-refractivity contribution in [2.45, 2.75) is 13.8 Å². The fraction of sp³-hybridized carbons (Fsp3) is 0.0769. The van der Waals surface area contributed by atoms with Gasteiger partial charge in [0.05, 0.1) is 23.5 Å². The van der Waals surface area contributed by atoms with Gasteiger partial charge in [0.15, 0.2) is 11.6 Å². The van der Waals surface area contributed by atoms with E-state index in [0.717, 1.165) is 11.4 Å². The van der Waals surface area contributed by atoms with Crippen molar-refractivity contribution in [2.24, 2.45) is 20.5 Å². The molecule has 19 heteroatoms. The van der Waals surface area contributed by atoms with Crippen LogP contribution in [0.5, 0.6) is 0 Å². The Morgan fingerprint density at radius 2 is 0.733 bits per heavy atom. The Kier molecular flexibility index (Phi) is 28.7. The molecule has 0 aliphatic carbocycles. The van der Waals surface area contributed by atoms with Crippen LogP contribution in [0.1, 0.15) is 13.8 Å². The van der Waals surface area contributed by atoms with Crippen LogP contribution in [0.3, 0.4) is 0 Å². The van der Waals surface area contributed by atoms with Gasteiger partial charge >= 0.3 is 19.5 Å². The van der Waals surface area contributed by atoms with Gasteiger partial charge in [-0.15, -0.1) is 40.9 Å². The maximum Gasteiger partial charge on any atom is 2.00 e. The van der Waals surface area contributed by atoms with Gasteiger partial charge in [-0.2, -0.15) is 10.5 Å². The zero-order valence-corrected chi connectivity index (χ0v) is 26.6. The third-order valence-corrected chi connectivity index (χ3v) is 3.35. The number of benzene rings is 2. The minimum absolute atomic E-state index is 0. The molecule has 0 saturated carbocycles. The van der Waals surface area contributed by atoms with E-state index in [9.17, 15) is 0 Å². The normalized spacial score (nSPS) is 9.60. The van der Waals surface area contributed by atoms with Crippen molar-refractivity contribution in [3.05, 3.63) is 109 Å². The number of hydrogen-bond donors (Lipinski definition) is 0. The maximum absolute atomic E-state index is 8.49. The number of halogens is 2. The number of azo groups is 2. The molecule has 238 valence electrons. The van der Waals surface area contributed by atoms with E-state index < -0.39 is 20.5 Å². The molecule has 0 aliphatic rings. The van der Waals surface area contributed by atoms with Crippen LogP contribution in [0.25, 0.3) is 0 Å². The van der Waals surface area contributed by atoms with Crippen LogP contribution >= 0.6 is 0 Å². The SMILES string of the molecule is CC#N.CC#N.[O-][Cl+3]([O-])([O-])[O-].[O-][Cl+3]([O-])([O-])[O-].[Ru+2].c1ccc(N=Nc2ccccn2)cc1.c1ccc(N=Nc2ccccn2)cc1. The number of nitriles is 2. The van der Waals surface area contributed by atoms with E-state index in [1.807, 2.05) is 97.1 Å². The van der Waals surface area contributed by atoms with E-state index in [1.54, 1.807) is 24.5 Å². The van der Waals surface area contributed by atoms with E-state index >= 15 is 0 Å². The second-order valence-electron chi connectivity index (χ2n) is 6.65. The average molecular weight is 749 g/mol. The first-order chi connectivity index (χ1) is 20.7.